The lowest BCUT2D eigenvalue weighted by Gasteiger charge is -2.10. The molecule has 24 heavy (non-hydrogen) atoms. The molecule has 0 radical (unpaired) electrons. The van der Waals surface area contributed by atoms with Crippen molar-refractivity contribution in [1.29, 1.82) is 0 Å². The van der Waals surface area contributed by atoms with Gasteiger partial charge in [0.1, 0.15) is 0 Å². The highest BCUT2D eigenvalue weighted by Crippen LogP contribution is 2.08. The molecular formula is C17H21N5O2. The minimum atomic E-state index is -0.393. The summed E-state index contributed by atoms with van der Waals surface area (Å²) < 4.78 is 0. The Balaban J connectivity index is 1.85. The maximum absolute atomic E-state index is 12.1. The van der Waals surface area contributed by atoms with E-state index in [4.69, 9.17) is 0 Å². The Morgan fingerprint density at radius 3 is 2.08 bits per heavy atom. The number of hydrogen-bond acceptors (Lipinski definition) is 5. The Hall–Kier alpha value is -2.96. The van der Waals surface area contributed by atoms with Crippen molar-refractivity contribution in [1.82, 2.24) is 20.7 Å². The number of aromatic nitrogens is 2. The quantitative estimate of drug-likeness (QED) is 0.725. The Labute approximate surface area is 140 Å². The lowest BCUT2D eigenvalue weighted by molar-refractivity contribution is -0.119. The molecule has 0 aliphatic heterocycles. The minimum Gasteiger partial charge on any atom is -0.343 e. The Morgan fingerprint density at radius 1 is 0.917 bits per heavy atom. The second-order valence-electron chi connectivity index (χ2n) is 5.71. The Morgan fingerprint density at radius 2 is 1.50 bits per heavy atom. The molecule has 0 aliphatic rings. The van der Waals surface area contributed by atoms with E-state index in [1.807, 2.05) is 39.8 Å². The minimum absolute atomic E-state index is 0.149. The molecule has 0 fully saturated rings. The lowest BCUT2D eigenvalue weighted by Crippen LogP contribution is -2.40. The first kappa shape index (κ1) is 17.4. The molecule has 0 saturated heterocycles. The summed E-state index contributed by atoms with van der Waals surface area (Å²) in [5.41, 5.74) is 9.21. The van der Waals surface area contributed by atoms with Crippen LogP contribution in [0.4, 0.5) is 5.95 Å². The van der Waals surface area contributed by atoms with Crippen LogP contribution in [0.15, 0.2) is 24.3 Å². The van der Waals surface area contributed by atoms with Crippen molar-refractivity contribution in [3.8, 4) is 0 Å². The van der Waals surface area contributed by atoms with Gasteiger partial charge in [0.25, 0.3) is 11.8 Å². The number of rotatable bonds is 5. The summed E-state index contributed by atoms with van der Waals surface area (Å²) >= 11 is 0. The van der Waals surface area contributed by atoms with Gasteiger partial charge in [-0.05, 0) is 45.9 Å². The topological polar surface area (TPSA) is 96.0 Å². The second-order valence-corrected chi connectivity index (χ2v) is 5.71. The van der Waals surface area contributed by atoms with E-state index in [0.717, 1.165) is 22.5 Å². The van der Waals surface area contributed by atoms with Gasteiger partial charge in [-0.25, -0.2) is 9.97 Å². The summed E-state index contributed by atoms with van der Waals surface area (Å²) in [6.07, 6.45) is 0. The smallest absolute Gasteiger partial charge is 0.257 e. The van der Waals surface area contributed by atoms with Crippen LogP contribution in [0.3, 0.4) is 0 Å². The summed E-state index contributed by atoms with van der Waals surface area (Å²) in [7, 11) is 0. The number of benzene rings is 1. The molecule has 0 aliphatic carbocycles. The highest BCUT2D eigenvalue weighted by molar-refractivity contribution is 5.96. The molecule has 2 amide bonds. The fourth-order valence-electron chi connectivity index (χ4n) is 2.32. The van der Waals surface area contributed by atoms with Crippen molar-refractivity contribution in [2.24, 2.45) is 0 Å². The van der Waals surface area contributed by atoms with E-state index in [-0.39, 0.29) is 12.5 Å². The van der Waals surface area contributed by atoms with Crippen LogP contribution in [0, 0.1) is 27.7 Å². The SMILES string of the molecule is Cc1cc(C)cc(C(=O)NCC(=O)NNc2nc(C)cc(C)n2)c1. The number of anilines is 1. The van der Waals surface area contributed by atoms with E-state index in [2.05, 4.69) is 26.1 Å². The largest absolute Gasteiger partial charge is 0.343 e. The number of carbonyl (C=O) groups excluding carboxylic acids is 2. The standard InChI is InChI=1S/C17H21N5O2/c1-10-5-11(2)7-14(6-10)16(24)18-9-15(23)21-22-17-19-12(3)8-13(4)20-17/h5-8H,9H2,1-4H3,(H,18,24)(H,21,23)(H,19,20,22). The van der Waals surface area contributed by atoms with Crippen LogP contribution in [0.2, 0.25) is 0 Å². The van der Waals surface area contributed by atoms with Crippen LogP contribution in [0.25, 0.3) is 0 Å². The molecule has 2 aromatic rings. The highest BCUT2D eigenvalue weighted by atomic mass is 16.2. The van der Waals surface area contributed by atoms with Gasteiger partial charge >= 0.3 is 0 Å². The van der Waals surface area contributed by atoms with Gasteiger partial charge in [-0.1, -0.05) is 17.2 Å². The zero-order valence-electron chi connectivity index (χ0n) is 14.2. The van der Waals surface area contributed by atoms with Crippen molar-refractivity contribution in [3.63, 3.8) is 0 Å². The third-order valence-corrected chi connectivity index (χ3v) is 3.19. The van der Waals surface area contributed by atoms with Gasteiger partial charge in [-0.3, -0.25) is 20.4 Å². The van der Waals surface area contributed by atoms with Crippen LogP contribution in [0.5, 0.6) is 0 Å². The molecule has 1 heterocycles. The molecule has 0 unspecified atom stereocenters. The number of nitrogens with zero attached hydrogens (tertiary/aromatic N) is 2. The third kappa shape index (κ3) is 5.05. The van der Waals surface area contributed by atoms with Crippen LogP contribution in [0.1, 0.15) is 32.9 Å². The van der Waals surface area contributed by atoms with Gasteiger partial charge in [0.2, 0.25) is 5.95 Å². The summed E-state index contributed by atoms with van der Waals surface area (Å²) in [4.78, 5) is 32.2. The molecule has 0 spiro atoms. The van der Waals surface area contributed by atoms with E-state index in [0.29, 0.717) is 11.5 Å². The van der Waals surface area contributed by atoms with Gasteiger partial charge in [-0.15, -0.1) is 0 Å². The van der Waals surface area contributed by atoms with Crippen molar-refractivity contribution >= 4 is 17.8 Å². The van der Waals surface area contributed by atoms with Crippen molar-refractivity contribution < 1.29 is 9.59 Å². The number of hydrogen-bond donors (Lipinski definition) is 3. The zero-order valence-corrected chi connectivity index (χ0v) is 14.2. The average molecular weight is 327 g/mol. The number of nitrogens with one attached hydrogen (secondary N) is 3. The Bertz CT molecular complexity index is 733. The summed E-state index contributed by atoms with van der Waals surface area (Å²) in [5, 5.41) is 2.58. The summed E-state index contributed by atoms with van der Waals surface area (Å²) in [6, 6.07) is 7.37. The van der Waals surface area contributed by atoms with Crippen LogP contribution in [-0.4, -0.2) is 28.3 Å². The van der Waals surface area contributed by atoms with Gasteiger partial charge in [-0.2, -0.15) is 0 Å². The van der Waals surface area contributed by atoms with Crippen LogP contribution < -0.4 is 16.2 Å². The van der Waals surface area contributed by atoms with Crippen LogP contribution in [-0.2, 0) is 4.79 Å². The molecule has 2 rings (SSSR count). The Kier molecular flexibility index (Phi) is 5.47. The molecule has 0 saturated carbocycles. The normalized spacial score (nSPS) is 10.2. The first-order valence-corrected chi connectivity index (χ1v) is 7.57. The molecular weight excluding hydrogens is 306 g/mol. The fourth-order valence-corrected chi connectivity index (χ4v) is 2.32. The zero-order chi connectivity index (χ0) is 17.7. The predicted molar refractivity (Wildman–Crippen MR) is 91.5 cm³/mol. The molecule has 126 valence electrons. The van der Waals surface area contributed by atoms with Crippen LogP contribution >= 0.6 is 0 Å². The fraction of sp³-hybridized carbons (Fsp3) is 0.294. The van der Waals surface area contributed by atoms with Crippen molar-refractivity contribution in [2.45, 2.75) is 27.7 Å². The maximum Gasteiger partial charge on any atom is 0.257 e. The van der Waals surface area contributed by atoms with E-state index in [1.165, 1.54) is 0 Å². The molecule has 1 aromatic heterocycles. The second kappa shape index (κ2) is 7.54. The average Bonchev–Trinajstić information content (AvgIpc) is 2.48. The number of aryl methyl sites for hydroxylation is 4. The van der Waals surface area contributed by atoms with E-state index in [1.54, 1.807) is 12.1 Å². The van der Waals surface area contributed by atoms with Gasteiger partial charge < -0.3 is 5.32 Å². The summed E-state index contributed by atoms with van der Waals surface area (Å²) in [6.45, 7) is 7.37. The highest BCUT2D eigenvalue weighted by Gasteiger charge is 2.09. The molecule has 0 bridgehead atoms. The van der Waals surface area contributed by atoms with E-state index >= 15 is 0 Å². The third-order valence-electron chi connectivity index (χ3n) is 3.19. The molecule has 7 nitrogen and oxygen atoms in total. The van der Waals surface area contributed by atoms with Gasteiger partial charge in [0.05, 0.1) is 6.54 Å². The lowest BCUT2D eigenvalue weighted by atomic mass is 10.1. The van der Waals surface area contributed by atoms with Crippen molar-refractivity contribution in [2.75, 3.05) is 12.0 Å². The van der Waals surface area contributed by atoms with E-state index in [9.17, 15) is 9.59 Å². The monoisotopic (exact) mass is 327 g/mol. The molecule has 1 aromatic carbocycles. The summed E-state index contributed by atoms with van der Waals surface area (Å²) in [5.74, 6) is -0.378. The number of hydrazine groups is 1. The molecule has 3 N–H and O–H groups in total. The predicted octanol–water partition coefficient (Wildman–Crippen LogP) is 1.58. The van der Waals surface area contributed by atoms with Gasteiger partial charge in [0, 0.05) is 17.0 Å². The molecule has 7 heteroatoms. The first-order valence-electron chi connectivity index (χ1n) is 7.57. The number of carbonyl (C=O) groups is 2. The first-order chi connectivity index (χ1) is 11.3. The molecule has 0 atom stereocenters. The maximum atomic E-state index is 12.1. The van der Waals surface area contributed by atoms with E-state index < -0.39 is 5.91 Å². The number of amides is 2. The van der Waals surface area contributed by atoms with Crippen molar-refractivity contribution in [3.05, 3.63) is 52.3 Å². The van der Waals surface area contributed by atoms with Gasteiger partial charge in [0.15, 0.2) is 0 Å².